The number of fused-ring (bicyclic) bond motifs is 2. The van der Waals surface area contributed by atoms with Crippen molar-refractivity contribution in [3.63, 3.8) is 0 Å². The van der Waals surface area contributed by atoms with Crippen LogP contribution in [0.4, 0.5) is 5.69 Å². The van der Waals surface area contributed by atoms with Gasteiger partial charge < -0.3 is 19.2 Å². The Hall–Kier alpha value is -3.28. The Morgan fingerprint density at radius 3 is 2.93 bits per heavy atom. The molecular weight excluding hydrogens is 346 g/mol. The van der Waals surface area contributed by atoms with Gasteiger partial charge in [-0.2, -0.15) is 0 Å². The van der Waals surface area contributed by atoms with E-state index in [1.807, 2.05) is 24.3 Å². The molecule has 6 nitrogen and oxygen atoms in total. The van der Waals surface area contributed by atoms with Gasteiger partial charge in [0.15, 0.2) is 6.10 Å². The van der Waals surface area contributed by atoms with Gasteiger partial charge >= 0.3 is 5.97 Å². The highest BCUT2D eigenvalue weighted by atomic mass is 16.5. The molecule has 2 aromatic carbocycles. The Labute approximate surface area is 156 Å². The third-order valence-electron chi connectivity index (χ3n) is 4.78. The van der Waals surface area contributed by atoms with Crippen LogP contribution in [0.2, 0.25) is 0 Å². The van der Waals surface area contributed by atoms with Crippen molar-refractivity contribution in [2.75, 3.05) is 11.4 Å². The minimum Gasteiger partial charge on any atom is -0.508 e. The molecule has 6 heteroatoms. The monoisotopic (exact) mass is 365 g/mol. The third-order valence-corrected chi connectivity index (χ3v) is 4.78. The number of carbonyl (C=O) groups is 2. The highest BCUT2D eigenvalue weighted by molar-refractivity contribution is 5.99. The van der Waals surface area contributed by atoms with Gasteiger partial charge in [-0.15, -0.1) is 0 Å². The van der Waals surface area contributed by atoms with Gasteiger partial charge in [0, 0.05) is 29.2 Å². The molecule has 1 aliphatic heterocycles. The first kappa shape index (κ1) is 17.1. The molecule has 0 radical (unpaired) electrons. The molecule has 0 spiro atoms. The number of furan rings is 1. The number of anilines is 1. The fourth-order valence-corrected chi connectivity index (χ4v) is 3.44. The van der Waals surface area contributed by atoms with Gasteiger partial charge in [0.2, 0.25) is 0 Å². The minimum absolute atomic E-state index is 0.00795. The van der Waals surface area contributed by atoms with Crippen molar-refractivity contribution in [1.29, 1.82) is 0 Å². The SMILES string of the molecule is C[C@H](OC(=O)Cc1coc2cc(O)ccc12)C(=O)N1CCc2ccccc21. The van der Waals surface area contributed by atoms with Crippen LogP contribution in [0.3, 0.4) is 0 Å². The number of rotatable bonds is 4. The number of carbonyl (C=O) groups excluding carboxylic acids is 2. The van der Waals surface area contributed by atoms with E-state index in [1.165, 1.54) is 18.4 Å². The van der Waals surface area contributed by atoms with E-state index in [2.05, 4.69) is 0 Å². The van der Waals surface area contributed by atoms with Gasteiger partial charge in [-0.1, -0.05) is 18.2 Å². The highest BCUT2D eigenvalue weighted by Gasteiger charge is 2.29. The van der Waals surface area contributed by atoms with Crippen molar-refractivity contribution in [2.45, 2.75) is 25.9 Å². The van der Waals surface area contributed by atoms with Crippen molar-refractivity contribution in [3.8, 4) is 5.75 Å². The molecule has 0 saturated heterocycles. The Kier molecular flexibility index (Phi) is 4.32. The normalized spacial score (nSPS) is 14.2. The summed E-state index contributed by atoms with van der Waals surface area (Å²) in [7, 11) is 0. The molecule has 2 heterocycles. The van der Waals surface area contributed by atoms with Crippen molar-refractivity contribution < 1.29 is 23.8 Å². The number of nitrogens with zero attached hydrogens (tertiary/aromatic N) is 1. The lowest BCUT2D eigenvalue weighted by molar-refractivity contribution is -0.153. The summed E-state index contributed by atoms with van der Waals surface area (Å²) in [6, 6.07) is 12.5. The number of esters is 1. The lowest BCUT2D eigenvalue weighted by atomic mass is 10.1. The molecule has 1 aromatic heterocycles. The van der Waals surface area contributed by atoms with E-state index in [9.17, 15) is 14.7 Å². The maximum Gasteiger partial charge on any atom is 0.311 e. The number of para-hydroxylation sites is 1. The Morgan fingerprint density at radius 2 is 2.07 bits per heavy atom. The van der Waals surface area contributed by atoms with E-state index in [4.69, 9.17) is 9.15 Å². The number of phenols is 1. The molecule has 0 bridgehead atoms. The summed E-state index contributed by atoms with van der Waals surface area (Å²) in [6.07, 6.45) is 1.39. The summed E-state index contributed by atoms with van der Waals surface area (Å²) < 4.78 is 10.7. The fraction of sp³-hybridized carbons (Fsp3) is 0.238. The van der Waals surface area contributed by atoms with Crippen LogP contribution in [0.1, 0.15) is 18.1 Å². The predicted molar refractivity (Wildman–Crippen MR) is 99.6 cm³/mol. The summed E-state index contributed by atoms with van der Waals surface area (Å²) in [5.74, 6) is -0.634. The number of hydrogen-bond acceptors (Lipinski definition) is 5. The Balaban J connectivity index is 1.42. The molecule has 1 N–H and O–H groups in total. The van der Waals surface area contributed by atoms with E-state index in [0.717, 1.165) is 23.1 Å². The number of hydrogen-bond donors (Lipinski definition) is 1. The van der Waals surface area contributed by atoms with Gasteiger partial charge in [0.1, 0.15) is 11.3 Å². The van der Waals surface area contributed by atoms with Gasteiger partial charge in [0.05, 0.1) is 12.7 Å². The summed E-state index contributed by atoms with van der Waals surface area (Å²) >= 11 is 0. The second kappa shape index (κ2) is 6.79. The van der Waals surface area contributed by atoms with E-state index >= 15 is 0 Å². The smallest absolute Gasteiger partial charge is 0.311 e. The number of aromatic hydroxyl groups is 1. The first-order chi connectivity index (χ1) is 13.0. The molecule has 1 amide bonds. The molecule has 1 aliphatic rings. The molecule has 138 valence electrons. The van der Waals surface area contributed by atoms with Gasteiger partial charge in [-0.3, -0.25) is 9.59 Å². The first-order valence-corrected chi connectivity index (χ1v) is 8.81. The van der Waals surface area contributed by atoms with E-state index in [-0.39, 0.29) is 18.1 Å². The topological polar surface area (TPSA) is 80.0 Å². The summed E-state index contributed by atoms with van der Waals surface area (Å²) in [5.41, 5.74) is 3.15. The fourth-order valence-electron chi connectivity index (χ4n) is 3.44. The second-order valence-electron chi connectivity index (χ2n) is 6.62. The maximum atomic E-state index is 12.7. The zero-order valence-corrected chi connectivity index (χ0v) is 14.8. The predicted octanol–water partition coefficient (Wildman–Crippen LogP) is 3.20. The van der Waals surface area contributed by atoms with Crippen LogP contribution in [-0.4, -0.2) is 29.6 Å². The van der Waals surface area contributed by atoms with Crippen molar-refractivity contribution >= 4 is 28.5 Å². The quantitative estimate of drug-likeness (QED) is 0.718. The molecule has 4 rings (SSSR count). The van der Waals surface area contributed by atoms with Crippen LogP contribution < -0.4 is 4.90 Å². The lowest BCUT2D eigenvalue weighted by Gasteiger charge is -2.21. The van der Waals surface area contributed by atoms with Crippen molar-refractivity contribution in [3.05, 3.63) is 59.9 Å². The molecule has 0 saturated carbocycles. The molecule has 3 aromatic rings. The van der Waals surface area contributed by atoms with Crippen LogP contribution in [0.25, 0.3) is 11.0 Å². The summed E-state index contributed by atoms with van der Waals surface area (Å²) in [6.45, 7) is 2.18. The zero-order chi connectivity index (χ0) is 19.0. The summed E-state index contributed by atoms with van der Waals surface area (Å²) in [4.78, 5) is 26.7. The largest absolute Gasteiger partial charge is 0.508 e. The standard InChI is InChI=1S/C21H19NO5/c1-13(21(25)22-9-8-14-4-2-3-5-18(14)22)27-20(24)10-15-12-26-19-11-16(23)6-7-17(15)19/h2-7,11-13,23H,8-10H2,1H3/t13-/m0/s1. The highest BCUT2D eigenvalue weighted by Crippen LogP contribution is 2.29. The number of benzene rings is 2. The number of amides is 1. The van der Waals surface area contributed by atoms with Gasteiger partial charge in [0.25, 0.3) is 5.91 Å². The number of phenolic OH excluding ortho intramolecular Hbond substituents is 1. The first-order valence-electron chi connectivity index (χ1n) is 8.81. The lowest BCUT2D eigenvalue weighted by Crippen LogP contribution is -2.39. The second-order valence-corrected chi connectivity index (χ2v) is 6.62. The van der Waals surface area contributed by atoms with Crippen LogP contribution in [0, 0.1) is 0 Å². The number of ether oxygens (including phenoxy) is 1. The average Bonchev–Trinajstić information content (AvgIpc) is 3.25. The molecular formula is C21H19NO5. The van der Waals surface area contributed by atoms with Crippen LogP contribution in [0.5, 0.6) is 5.75 Å². The average molecular weight is 365 g/mol. The minimum atomic E-state index is -0.870. The van der Waals surface area contributed by atoms with Crippen molar-refractivity contribution in [1.82, 2.24) is 0 Å². The van der Waals surface area contributed by atoms with Crippen molar-refractivity contribution in [2.24, 2.45) is 0 Å². The molecule has 27 heavy (non-hydrogen) atoms. The molecule has 1 atom stereocenters. The van der Waals surface area contributed by atoms with Crippen LogP contribution in [-0.2, 0) is 27.2 Å². The van der Waals surface area contributed by atoms with Crippen LogP contribution >= 0.6 is 0 Å². The van der Waals surface area contributed by atoms with E-state index in [0.29, 0.717) is 17.7 Å². The maximum absolute atomic E-state index is 12.7. The summed E-state index contributed by atoms with van der Waals surface area (Å²) in [5, 5.41) is 10.2. The molecule has 0 unspecified atom stereocenters. The van der Waals surface area contributed by atoms with E-state index in [1.54, 1.807) is 17.9 Å². The van der Waals surface area contributed by atoms with Gasteiger partial charge in [-0.25, -0.2) is 0 Å². The third kappa shape index (κ3) is 3.26. The van der Waals surface area contributed by atoms with Crippen LogP contribution in [0.15, 0.2) is 53.1 Å². The zero-order valence-electron chi connectivity index (χ0n) is 14.8. The molecule has 0 aliphatic carbocycles. The Morgan fingerprint density at radius 1 is 1.26 bits per heavy atom. The van der Waals surface area contributed by atoms with Gasteiger partial charge in [-0.05, 0) is 37.1 Å². The Bertz CT molecular complexity index is 1020. The molecule has 0 fully saturated rings. The van der Waals surface area contributed by atoms with E-state index < -0.39 is 12.1 Å².